The molecule has 0 fully saturated rings. The molecule has 0 aromatic heterocycles. The first-order valence-corrected chi connectivity index (χ1v) is 7.87. The summed E-state index contributed by atoms with van der Waals surface area (Å²) in [7, 11) is 3.49. The number of hydrogen-bond donors (Lipinski definition) is 2. The minimum Gasteiger partial charge on any atom is -0.397 e. The molecule has 1 atom stereocenters. The molecule has 0 spiro atoms. The van der Waals surface area contributed by atoms with Crippen LogP contribution >= 0.6 is 0 Å². The molecular formula is C17H29N3O. The lowest BCUT2D eigenvalue weighted by atomic mass is 10.0. The molecule has 1 aromatic rings. The van der Waals surface area contributed by atoms with Crippen LogP contribution < -0.4 is 11.1 Å². The number of carbonyl (C=O) groups excluding carboxylic acids is 1. The second-order valence-corrected chi connectivity index (χ2v) is 5.77. The molecular weight excluding hydrogens is 262 g/mol. The van der Waals surface area contributed by atoms with Crippen LogP contribution in [0, 0.1) is 0 Å². The second-order valence-electron chi connectivity index (χ2n) is 5.77. The number of hydrogen-bond acceptors (Lipinski definition) is 3. The van der Waals surface area contributed by atoms with Crippen LogP contribution in [0.25, 0.3) is 0 Å². The quantitative estimate of drug-likeness (QED) is 0.717. The van der Waals surface area contributed by atoms with E-state index in [0.29, 0.717) is 17.3 Å². The Labute approximate surface area is 128 Å². The highest BCUT2D eigenvalue weighted by atomic mass is 16.2. The van der Waals surface area contributed by atoms with Crippen molar-refractivity contribution in [2.75, 3.05) is 25.1 Å². The van der Waals surface area contributed by atoms with Gasteiger partial charge in [0.05, 0.1) is 11.4 Å². The minimum atomic E-state index is -0.0238. The highest BCUT2D eigenvalue weighted by molar-refractivity contribution is 5.95. The third-order valence-corrected chi connectivity index (χ3v) is 3.61. The van der Waals surface area contributed by atoms with Gasteiger partial charge in [0.1, 0.15) is 0 Å². The van der Waals surface area contributed by atoms with E-state index in [1.165, 1.54) is 12.8 Å². The van der Waals surface area contributed by atoms with Gasteiger partial charge in [-0.1, -0.05) is 33.1 Å². The van der Waals surface area contributed by atoms with Gasteiger partial charge < -0.3 is 16.0 Å². The summed E-state index contributed by atoms with van der Waals surface area (Å²) in [5.41, 5.74) is 8.30. The zero-order valence-electron chi connectivity index (χ0n) is 13.8. The Hall–Kier alpha value is -1.71. The van der Waals surface area contributed by atoms with Crippen LogP contribution in [-0.4, -0.2) is 30.9 Å². The number of nitrogens with zero attached hydrogens (tertiary/aromatic N) is 1. The third kappa shape index (κ3) is 5.29. The summed E-state index contributed by atoms with van der Waals surface area (Å²) in [5.74, 6) is -0.0238. The van der Waals surface area contributed by atoms with E-state index in [4.69, 9.17) is 5.73 Å². The second kappa shape index (κ2) is 8.55. The monoisotopic (exact) mass is 291 g/mol. The fourth-order valence-corrected chi connectivity index (χ4v) is 2.39. The van der Waals surface area contributed by atoms with Crippen molar-refractivity contribution in [2.45, 2.75) is 52.0 Å². The number of unbranched alkanes of at least 4 members (excludes halogenated alkanes) is 1. The van der Waals surface area contributed by atoms with Crippen LogP contribution in [0.15, 0.2) is 18.2 Å². The fraction of sp³-hybridized carbons (Fsp3) is 0.588. The molecule has 0 heterocycles. The third-order valence-electron chi connectivity index (χ3n) is 3.61. The lowest BCUT2D eigenvalue weighted by Crippen LogP contribution is -2.22. The van der Waals surface area contributed by atoms with E-state index in [2.05, 4.69) is 19.2 Å². The normalized spacial score (nSPS) is 12.0. The van der Waals surface area contributed by atoms with Crippen molar-refractivity contribution in [3.63, 3.8) is 0 Å². The van der Waals surface area contributed by atoms with Crippen molar-refractivity contribution in [1.29, 1.82) is 0 Å². The molecule has 3 N–H and O–H groups in total. The van der Waals surface area contributed by atoms with Gasteiger partial charge >= 0.3 is 0 Å². The number of nitrogens with two attached hydrogens (primary N) is 1. The molecule has 1 aromatic carbocycles. The van der Waals surface area contributed by atoms with Crippen LogP contribution in [-0.2, 0) is 0 Å². The lowest BCUT2D eigenvalue weighted by molar-refractivity contribution is 0.0827. The number of amides is 1. The molecule has 0 bridgehead atoms. The van der Waals surface area contributed by atoms with E-state index in [-0.39, 0.29) is 5.91 Å². The van der Waals surface area contributed by atoms with E-state index in [9.17, 15) is 4.79 Å². The summed E-state index contributed by atoms with van der Waals surface area (Å²) in [4.78, 5) is 13.5. The number of nitrogens with one attached hydrogen (secondary N) is 1. The maximum atomic E-state index is 11.9. The zero-order chi connectivity index (χ0) is 15.8. The Morgan fingerprint density at radius 2 is 1.95 bits per heavy atom. The van der Waals surface area contributed by atoms with Gasteiger partial charge in [0.15, 0.2) is 0 Å². The molecule has 1 unspecified atom stereocenters. The maximum absolute atomic E-state index is 11.9. The van der Waals surface area contributed by atoms with E-state index < -0.39 is 0 Å². The number of benzene rings is 1. The van der Waals surface area contributed by atoms with E-state index >= 15 is 0 Å². The average Bonchev–Trinajstić information content (AvgIpc) is 2.46. The topological polar surface area (TPSA) is 58.4 Å². The molecule has 0 saturated heterocycles. The predicted molar refractivity (Wildman–Crippen MR) is 90.7 cm³/mol. The molecule has 1 amide bonds. The number of rotatable bonds is 8. The smallest absolute Gasteiger partial charge is 0.253 e. The predicted octanol–water partition coefficient (Wildman–Crippen LogP) is 3.74. The van der Waals surface area contributed by atoms with Gasteiger partial charge in [-0.25, -0.2) is 0 Å². The Balaban J connectivity index is 2.80. The van der Waals surface area contributed by atoms with Crippen LogP contribution in [0.1, 0.15) is 56.3 Å². The molecule has 0 radical (unpaired) electrons. The van der Waals surface area contributed by atoms with Gasteiger partial charge in [-0.05, 0) is 31.0 Å². The van der Waals surface area contributed by atoms with Gasteiger partial charge in [0, 0.05) is 25.7 Å². The summed E-state index contributed by atoms with van der Waals surface area (Å²) < 4.78 is 0. The van der Waals surface area contributed by atoms with Crippen LogP contribution in [0.4, 0.5) is 11.4 Å². The number of anilines is 2. The Morgan fingerprint density at radius 1 is 1.24 bits per heavy atom. The molecule has 21 heavy (non-hydrogen) atoms. The van der Waals surface area contributed by atoms with Crippen molar-refractivity contribution < 1.29 is 4.79 Å². The van der Waals surface area contributed by atoms with E-state index in [0.717, 1.165) is 24.9 Å². The Bertz CT molecular complexity index is 457. The lowest BCUT2D eigenvalue weighted by Gasteiger charge is -2.21. The van der Waals surface area contributed by atoms with Gasteiger partial charge in [-0.3, -0.25) is 4.79 Å². The summed E-state index contributed by atoms with van der Waals surface area (Å²) >= 11 is 0. The van der Waals surface area contributed by atoms with Crippen molar-refractivity contribution in [2.24, 2.45) is 0 Å². The van der Waals surface area contributed by atoms with E-state index in [1.54, 1.807) is 25.1 Å². The molecule has 0 saturated carbocycles. The molecule has 0 aliphatic carbocycles. The van der Waals surface area contributed by atoms with Crippen molar-refractivity contribution >= 4 is 17.3 Å². The molecule has 4 heteroatoms. The zero-order valence-corrected chi connectivity index (χ0v) is 13.8. The van der Waals surface area contributed by atoms with E-state index in [1.807, 2.05) is 12.1 Å². The van der Waals surface area contributed by atoms with Crippen molar-refractivity contribution in [3.8, 4) is 0 Å². The van der Waals surface area contributed by atoms with Gasteiger partial charge in [0.25, 0.3) is 5.91 Å². The summed E-state index contributed by atoms with van der Waals surface area (Å²) in [6.45, 7) is 4.40. The standard InChI is InChI=1S/C17H29N3O/c1-5-7-9-14(8-6-2)19-16-11-10-13(12-15(16)18)17(21)20(3)4/h10-12,14,19H,5-9,18H2,1-4H3. The largest absolute Gasteiger partial charge is 0.397 e. The van der Waals surface area contributed by atoms with Gasteiger partial charge in [0.2, 0.25) is 0 Å². The van der Waals surface area contributed by atoms with Crippen molar-refractivity contribution in [3.05, 3.63) is 23.8 Å². The van der Waals surface area contributed by atoms with Crippen LogP contribution in [0.5, 0.6) is 0 Å². The molecule has 0 aliphatic heterocycles. The summed E-state index contributed by atoms with van der Waals surface area (Å²) in [5, 5.41) is 3.53. The SMILES string of the molecule is CCCCC(CCC)Nc1ccc(C(=O)N(C)C)cc1N. The molecule has 0 aliphatic rings. The number of carbonyl (C=O) groups is 1. The highest BCUT2D eigenvalue weighted by Gasteiger charge is 2.12. The minimum absolute atomic E-state index is 0.0238. The average molecular weight is 291 g/mol. The molecule has 118 valence electrons. The van der Waals surface area contributed by atoms with Gasteiger partial charge in [-0.2, -0.15) is 0 Å². The fourth-order valence-electron chi connectivity index (χ4n) is 2.39. The summed E-state index contributed by atoms with van der Waals surface area (Å²) in [6.07, 6.45) is 5.86. The Kier molecular flexibility index (Phi) is 7.06. The van der Waals surface area contributed by atoms with Crippen LogP contribution in [0.2, 0.25) is 0 Å². The van der Waals surface area contributed by atoms with Gasteiger partial charge in [-0.15, -0.1) is 0 Å². The number of nitrogen functional groups attached to an aromatic ring is 1. The first-order chi connectivity index (χ1) is 9.99. The van der Waals surface area contributed by atoms with Crippen LogP contribution in [0.3, 0.4) is 0 Å². The molecule has 4 nitrogen and oxygen atoms in total. The molecule has 1 rings (SSSR count). The highest BCUT2D eigenvalue weighted by Crippen LogP contribution is 2.23. The van der Waals surface area contributed by atoms with Crippen molar-refractivity contribution in [1.82, 2.24) is 4.90 Å². The maximum Gasteiger partial charge on any atom is 0.253 e. The Morgan fingerprint density at radius 3 is 2.48 bits per heavy atom. The first-order valence-electron chi connectivity index (χ1n) is 7.87. The summed E-state index contributed by atoms with van der Waals surface area (Å²) in [6, 6.07) is 5.96. The first kappa shape index (κ1) is 17.3.